The lowest BCUT2D eigenvalue weighted by Crippen LogP contribution is -2.31. The van der Waals surface area contributed by atoms with Crippen molar-refractivity contribution in [2.45, 2.75) is 98.7 Å². The van der Waals surface area contributed by atoms with Crippen LogP contribution in [0.25, 0.3) is 0 Å². The van der Waals surface area contributed by atoms with E-state index >= 15 is 0 Å². The van der Waals surface area contributed by atoms with Crippen LogP contribution in [0.2, 0.25) is 0 Å². The summed E-state index contributed by atoms with van der Waals surface area (Å²) in [6.45, 7) is 14.5. The van der Waals surface area contributed by atoms with Gasteiger partial charge in [-0.15, -0.1) is 0 Å². The summed E-state index contributed by atoms with van der Waals surface area (Å²) in [5.41, 5.74) is 2.77. The Hall–Kier alpha value is -0.860. The summed E-state index contributed by atoms with van der Waals surface area (Å²) in [7, 11) is 0. The minimum Gasteiger partial charge on any atom is -0.347 e. The molecule has 0 spiro atoms. The van der Waals surface area contributed by atoms with Gasteiger partial charge < -0.3 is 9.47 Å². The number of unbranched alkanes of at least 4 members (excludes halogenated alkanes) is 4. The van der Waals surface area contributed by atoms with E-state index < -0.39 is 5.79 Å². The number of rotatable bonds is 15. The highest BCUT2D eigenvalue weighted by Gasteiger charge is 2.21. The zero-order chi connectivity index (χ0) is 19.0. The average Bonchev–Trinajstić information content (AvgIpc) is 2.55. The molecule has 2 nitrogen and oxygen atoms in total. The van der Waals surface area contributed by atoms with E-state index in [1.807, 2.05) is 6.92 Å². The molecule has 0 fully saturated rings. The number of ether oxygens (including phenoxy) is 2. The van der Waals surface area contributed by atoms with Gasteiger partial charge in [-0.2, -0.15) is 0 Å². The highest BCUT2D eigenvalue weighted by atomic mass is 16.7. The monoisotopic (exact) mass is 350 g/mol. The summed E-state index contributed by atoms with van der Waals surface area (Å²) in [4.78, 5) is 0. The van der Waals surface area contributed by atoms with Crippen LogP contribution >= 0.6 is 0 Å². The third kappa shape index (κ3) is 15.1. The molecule has 0 rings (SSSR count). The van der Waals surface area contributed by atoms with Gasteiger partial charge in [0.1, 0.15) is 0 Å². The first kappa shape index (κ1) is 24.1. The first-order valence-corrected chi connectivity index (χ1v) is 10.2. The highest BCUT2D eigenvalue weighted by Crippen LogP contribution is 2.17. The van der Waals surface area contributed by atoms with Crippen molar-refractivity contribution in [3.63, 3.8) is 0 Å². The Bertz CT molecular complexity index is 388. The van der Waals surface area contributed by atoms with Crippen molar-refractivity contribution < 1.29 is 9.47 Å². The average molecular weight is 351 g/mol. The quantitative estimate of drug-likeness (QED) is 0.133. The Morgan fingerprint density at radius 1 is 0.880 bits per heavy atom. The van der Waals surface area contributed by atoms with Crippen LogP contribution in [-0.4, -0.2) is 19.0 Å². The molecule has 0 atom stereocenters. The Labute approximate surface area is 157 Å². The molecule has 0 amide bonds. The third-order valence-corrected chi connectivity index (χ3v) is 4.14. The molecule has 0 heterocycles. The van der Waals surface area contributed by atoms with E-state index in [4.69, 9.17) is 9.47 Å². The van der Waals surface area contributed by atoms with E-state index in [0.29, 0.717) is 0 Å². The summed E-state index contributed by atoms with van der Waals surface area (Å²) >= 11 is 0. The second kappa shape index (κ2) is 15.4. The fraction of sp³-hybridized carbons (Fsp3) is 0.739. The molecule has 0 bridgehead atoms. The van der Waals surface area contributed by atoms with E-state index in [9.17, 15) is 0 Å². The Kier molecular flexibility index (Phi) is 14.9. The van der Waals surface area contributed by atoms with Crippen LogP contribution in [0.4, 0.5) is 0 Å². The first-order valence-electron chi connectivity index (χ1n) is 10.2. The highest BCUT2D eigenvalue weighted by molar-refractivity contribution is 5.13. The normalized spacial score (nSPS) is 12.8. The Morgan fingerprint density at radius 2 is 1.44 bits per heavy atom. The molecular formula is C23H42O2. The predicted octanol–water partition coefficient (Wildman–Crippen LogP) is 7.37. The second-order valence-corrected chi connectivity index (χ2v) is 7.32. The lowest BCUT2D eigenvalue weighted by atomic mass is 10.1. The molecular weight excluding hydrogens is 308 g/mol. The van der Waals surface area contributed by atoms with Crippen molar-refractivity contribution in [1.29, 1.82) is 0 Å². The van der Waals surface area contributed by atoms with Crippen molar-refractivity contribution in [2.24, 2.45) is 0 Å². The maximum Gasteiger partial charge on any atom is 0.185 e. The van der Waals surface area contributed by atoms with E-state index in [1.165, 1.54) is 36.8 Å². The van der Waals surface area contributed by atoms with Gasteiger partial charge >= 0.3 is 0 Å². The van der Waals surface area contributed by atoms with Crippen molar-refractivity contribution in [3.8, 4) is 0 Å². The SMILES string of the molecule is CCCCCOC(C)(/C=C/C=C(\C)CCC=C(C)C)OCCCCC. The van der Waals surface area contributed by atoms with Gasteiger partial charge in [0.2, 0.25) is 0 Å². The first-order chi connectivity index (χ1) is 11.9. The molecule has 0 aliphatic heterocycles. The molecule has 0 saturated heterocycles. The summed E-state index contributed by atoms with van der Waals surface area (Å²) in [6.07, 6.45) is 17.9. The molecule has 0 radical (unpaired) electrons. The van der Waals surface area contributed by atoms with Gasteiger partial charge in [0.05, 0.1) is 13.2 Å². The zero-order valence-electron chi connectivity index (χ0n) is 17.7. The van der Waals surface area contributed by atoms with Crippen LogP contribution in [0.1, 0.15) is 92.9 Å². The van der Waals surface area contributed by atoms with Gasteiger partial charge in [-0.05, 0) is 59.5 Å². The van der Waals surface area contributed by atoms with E-state index in [0.717, 1.165) is 38.9 Å². The van der Waals surface area contributed by atoms with Crippen LogP contribution in [0.15, 0.2) is 35.5 Å². The molecule has 0 aromatic rings. The molecule has 2 heteroatoms. The molecule has 0 aliphatic rings. The van der Waals surface area contributed by atoms with Gasteiger partial charge in [-0.3, -0.25) is 0 Å². The van der Waals surface area contributed by atoms with Crippen molar-refractivity contribution in [2.75, 3.05) is 13.2 Å². The Morgan fingerprint density at radius 3 is 1.92 bits per heavy atom. The minimum atomic E-state index is -0.613. The van der Waals surface area contributed by atoms with Gasteiger partial charge in [-0.25, -0.2) is 0 Å². The lowest BCUT2D eigenvalue weighted by molar-refractivity contribution is -0.193. The summed E-state index contributed by atoms with van der Waals surface area (Å²) < 4.78 is 12.1. The fourth-order valence-corrected chi connectivity index (χ4v) is 2.45. The van der Waals surface area contributed by atoms with Crippen LogP contribution in [0.3, 0.4) is 0 Å². The number of hydrogen-bond acceptors (Lipinski definition) is 2. The van der Waals surface area contributed by atoms with Crippen LogP contribution < -0.4 is 0 Å². The van der Waals surface area contributed by atoms with Gasteiger partial charge in [0.25, 0.3) is 0 Å². The molecule has 0 aromatic heterocycles. The topological polar surface area (TPSA) is 18.5 Å². The van der Waals surface area contributed by atoms with Crippen molar-refractivity contribution >= 4 is 0 Å². The summed E-state index contributed by atoms with van der Waals surface area (Å²) in [5, 5.41) is 0. The van der Waals surface area contributed by atoms with Crippen molar-refractivity contribution in [1.82, 2.24) is 0 Å². The second-order valence-electron chi connectivity index (χ2n) is 7.32. The molecule has 0 saturated carbocycles. The van der Waals surface area contributed by atoms with Crippen LogP contribution in [0, 0.1) is 0 Å². The van der Waals surface area contributed by atoms with Gasteiger partial charge in [0.15, 0.2) is 5.79 Å². The molecule has 0 unspecified atom stereocenters. The van der Waals surface area contributed by atoms with E-state index in [-0.39, 0.29) is 0 Å². The van der Waals surface area contributed by atoms with E-state index in [2.05, 4.69) is 58.9 Å². The lowest BCUT2D eigenvalue weighted by Gasteiger charge is -2.27. The third-order valence-electron chi connectivity index (χ3n) is 4.14. The molecule has 146 valence electrons. The maximum absolute atomic E-state index is 6.06. The van der Waals surface area contributed by atoms with E-state index in [1.54, 1.807) is 0 Å². The predicted molar refractivity (Wildman–Crippen MR) is 111 cm³/mol. The largest absolute Gasteiger partial charge is 0.347 e. The maximum atomic E-state index is 6.06. The molecule has 0 aliphatic carbocycles. The van der Waals surface area contributed by atoms with Crippen molar-refractivity contribution in [3.05, 3.63) is 35.5 Å². The van der Waals surface area contributed by atoms with Gasteiger partial charge in [0, 0.05) is 0 Å². The smallest absolute Gasteiger partial charge is 0.185 e. The van der Waals surface area contributed by atoms with Gasteiger partial charge in [-0.1, -0.05) is 68.9 Å². The number of allylic oxidation sites excluding steroid dienone is 5. The van der Waals surface area contributed by atoms with Crippen LogP contribution in [0.5, 0.6) is 0 Å². The molecule has 0 aromatic carbocycles. The Balaban J connectivity index is 4.57. The standard InChI is InChI=1S/C23H42O2/c1-7-9-11-19-24-23(6,25-20-12-10-8-2)18-14-17-22(5)16-13-15-21(3)4/h14-15,17-18H,7-13,16,19-20H2,1-6H3/b18-14+,22-17+. The summed E-state index contributed by atoms with van der Waals surface area (Å²) in [6, 6.07) is 0. The number of hydrogen-bond donors (Lipinski definition) is 0. The fourth-order valence-electron chi connectivity index (χ4n) is 2.45. The minimum absolute atomic E-state index is 0.613. The summed E-state index contributed by atoms with van der Waals surface area (Å²) in [5.74, 6) is -0.613. The molecule has 0 N–H and O–H groups in total. The molecule has 25 heavy (non-hydrogen) atoms. The van der Waals surface area contributed by atoms with Crippen LogP contribution in [-0.2, 0) is 9.47 Å². The zero-order valence-corrected chi connectivity index (χ0v) is 17.7.